The zero-order valence-electron chi connectivity index (χ0n) is 24.6. The van der Waals surface area contributed by atoms with Crippen molar-refractivity contribution in [2.24, 2.45) is 10.9 Å². The Morgan fingerprint density at radius 1 is 0.905 bits per heavy atom. The topological polar surface area (TPSA) is 63.9 Å². The summed E-state index contributed by atoms with van der Waals surface area (Å²) in [6, 6.07) is 25.7. The molecule has 6 nitrogen and oxygen atoms in total. The Kier molecular flexibility index (Phi) is 10.3. The van der Waals surface area contributed by atoms with Crippen LogP contribution in [0.15, 0.2) is 94.1 Å². The molecule has 0 aliphatic carbocycles. The van der Waals surface area contributed by atoms with Crippen molar-refractivity contribution in [3.05, 3.63) is 94.6 Å². The Morgan fingerprint density at radius 3 is 2.29 bits per heavy atom. The highest BCUT2D eigenvalue weighted by atomic mass is 32.2. The lowest BCUT2D eigenvalue weighted by Gasteiger charge is -2.31. The molecule has 0 saturated carbocycles. The Hall–Kier alpha value is -3.20. The Bertz CT molecular complexity index is 1580. The Morgan fingerprint density at radius 2 is 1.62 bits per heavy atom. The van der Waals surface area contributed by atoms with E-state index in [1.165, 1.54) is 24.8 Å². The second-order valence-electron chi connectivity index (χ2n) is 11.0. The van der Waals surface area contributed by atoms with Gasteiger partial charge in [0.05, 0.1) is 23.4 Å². The van der Waals surface area contributed by atoms with Crippen molar-refractivity contribution in [3.8, 4) is 17.0 Å². The van der Waals surface area contributed by atoms with Gasteiger partial charge in [-0.3, -0.25) is 0 Å². The molecule has 1 aliphatic heterocycles. The van der Waals surface area contributed by atoms with Gasteiger partial charge < -0.3 is 9.30 Å². The molecule has 0 bridgehead atoms. The molecule has 222 valence electrons. The van der Waals surface area contributed by atoms with Gasteiger partial charge in [-0.25, -0.2) is 13.4 Å². The van der Waals surface area contributed by atoms with Crippen molar-refractivity contribution in [1.82, 2.24) is 8.87 Å². The molecule has 42 heavy (non-hydrogen) atoms. The number of ether oxygens (including phenoxy) is 1. The quantitative estimate of drug-likeness (QED) is 0.156. The van der Waals surface area contributed by atoms with Crippen molar-refractivity contribution in [1.29, 1.82) is 0 Å². The van der Waals surface area contributed by atoms with E-state index in [-0.39, 0.29) is 0 Å². The highest BCUT2D eigenvalue weighted by Crippen LogP contribution is 2.28. The normalized spacial score (nSPS) is 15.2. The van der Waals surface area contributed by atoms with Crippen LogP contribution in [0.25, 0.3) is 11.3 Å². The van der Waals surface area contributed by atoms with Crippen LogP contribution in [-0.2, 0) is 23.0 Å². The van der Waals surface area contributed by atoms with Crippen molar-refractivity contribution >= 4 is 27.0 Å². The lowest BCUT2D eigenvalue weighted by atomic mass is 9.91. The Labute approximate surface area is 254 Å². The maximum absolute atomic E-state index is 13.5. The van der Waals surface area contributed by atoms with Crippen LogP contribution in [0.3, 0.4) is 0 Å². The first kappa shape index (κ1) is 30.3. The summed E-state index contributed by atoms with van der Waals surface area (Å²) in [6.45, 7) is 4.22. The second kappa shape index (κ2) is 14.3. The van der Waals surface area contributed by atoms with Crippen LogP contribution in [0, 0.1) is 5.92 Å². The van der Waals surface area contributed by atoms with E-state index in [9.17, 15) is 8.42 Å². The number of methoxy groups -OCH3 is 1. The van der Waals surface area contributed by atoms with E-state index in [4.69, 9.17) is 9.73 Å². The number of aromatic nitrogens is 1. The standard InChI is InChI=1S/C34H41N3O3S2/c1-3-4-5-9-22-37-33(26-41-34(37)35-30-14-16-31(40-2)17-15-30)29-12-18-32(19-13-29)42(38,39)36-23-20-28(21-24-36)25-27-10-7-6-8-11-27/h6-8,10-19,26,28H,3-5,9,20-25H2,1-2H3. The number of piperidine rings is 1. The molecule has 2 heterocycles. The van der Waals surface area contributed by atoms with Crippen LogP contribution >= 0.6 is 11.3 Å². The summed E-state index contributed by atoms with van der Waals surface area (Å²) in [5.74, 6) is 1.32. The first-order valence-electron chi connectivity index (χ1n) is 15.0. The van der Waals surface area contributed by atoms with Gasteiger partial charge in [0.15, 0.2) is 4.80 Å². The number of rotatable bonds is 12. The largest absolute Gasteiger partial charge is 0.497 e. The summed E-state index contributed by atoms with van der Waals surface area (Å²) < 4.78 is 36.3. The van der Waals surface area contributed by atoms with Gasteiger partial charge in [0, 0.05) is 25.0 Å². The molecule has 1 aromatic heterocycles. The van der Waals surface area contributed by atoms with E-state index in [2.05, 4.69) is 41.1 Å². The van der Waals surface area contributed by atoms with E-state index in [0.717, 1.165) is 59.7 Å². The summed E-state index contributed by atoms with van der Waals surface area (Å²) in [6.07, 6.45) is 7.42. The lowest BCUT2D eigenvalue weighted by Crippen LogP contribution is -2.38. The number of nitrogens with zero attached hydrogens (tertiary/aromatic N) is 3. The van der Waals surface area contributed by atoms with Crippen molar-refractivity contribution < 1.29 is 13.2 Å². The SMILES string of the molecule is CCCCCCn1c(-c2ccc(S(=O)(=O)N3CCC(Cc4ccccc4)CC3)cc2)csc1=Nc1ccc(OC)cc1. The van der Waals surface area contributed by atoms with Gasteiger partial charge in [0.25, 0.3) is 0 Å². The molecule has 1 saturated heterocycles. The van der Waals surface area contributed by atoms with E-state index in [1.54, 1.807) is 34.9 Å². The predicted octanol–water partition coefficient (Wildman–Crippen LogP) is 7.68. The third-order valence-corrected chi connectivity index (χ3v) is 10.8. The number of hydrogen-bond donors (Lipinski definition) is 0. The van der Waals surface area contributed by atoms with Gasteiger partial charge in [-0.2, -0.15) is 4.31 Å². The molecule has 3 aromatic carbocycles. The molecule has 0 spiro atoms. The molecular formula is C34H41N3O3S2. The lowest BCUT2D eigenvalue weighted by molar-refractivity contribution is 0.273. The number of sulfonamides is 1. The summed E-state index contributed by atoms with van der Waals surface area (Å²) >= 11 is 1.61. The van der Waals surface area contributed by atoms with Crippen molar-refractivity contribution in [2.75, 3.05) is 20.2 Å². The molecule has 0 amide bonds. The minimum Gasteiger partial charge on any atom is -0.497 e. The van der Waals surface area contributed by atoms with Crippen LogP contribution in [0.5, 0.6) is 5.75 Å². The zero-order valence-corrected chi connectivity index (χ0v) is 26.2. The number of hydrogen-bond acceptors (Lipinski definition) is 5. The van der Waals surface area contributed by atoms with E-state index in [1.807, 2.05) is 42.5 Å². The summed E-state index contributed by atoms with van der Waals surface area (Å²) in [5.41, 5.74) is 4.26. The van der Waals surface area contributed by atoms with Gasteiger partial charge in [-0.05, 0) is 79.1 Å². The molecule has 5 rings (SSSR count). The molecule has 1 fully saturated rings. The van der Waals surface area contributed by atoms with Gasteiger partial charge in [0.2, 0.25) is 10.0 Å². The molecule has 0 atom stereocenters. The third kappa shape index (κ3) is 7.41. The number of benzene rings is 3. The van der Waals surface area contributed by atoms with Crippen LogP contribution < -0.4 is 9.54 Å². The minimum atomic E-state index is -3.53. The second-order valence-corrected chi connectivity index (χ2v) is 13.8. The Balaban J connectivity index is 1.32. The fourth-order valence-corrected chi connectivity index (χ4v) is 8.00. The zero-order chi connectivity index (χ0) is 29.4. The maximum atomic E-state index is 13.5. The number of thiazole rings is 1. The van der Waals surface area contributed by atoms with Crippen LogP contribution in [0.1, 0.15) is 51.0 Å². The number of unbranched alkanes of at least 4 members (excludes halogenated alkanes) is 3. The first-order valence-corrected chi connectivity index (χ1v) is 17.3. The first-order chi connectivity index (χ1) is 20.5. The summed E-state index contributed by atoms with van der Waals surface area (Å²) in [7, 11) is -1.87. The highest BCUT2D eigenvalue weighted by Gasteiger charge is 2.29. The van der Waals surface area contributed by atoms with Crippen molar-refractivity contribution in [3.63, 3.8) is 0 Å². The van der Waals surface area contributed by atoms with Gasteiger partial charge in [-0.15, -0.1) is 11.3 Å². The molecule has 0 radical (unpaired) electrons. The monoisotopic (exact) mass is 603 g/mol. The van der Waals surface area contributed by atoms with Gasteiger partial charge >= 0.3 is 0 Å². The minimum absolute atomic E-state index is 0.362. The summed E-state index contributed by atoms with van der Waals surface area (Å²) in [5, 5.41) is 2.13. The predicted molar refractivity (Wildman–Crippen MR) is 172 cm³/mol. The molecule has 0 unspecified atom stereocenters. The average Bonchev–Trinajstić information content (AvgIpc) is 3.42. The van der Waals surface area contributed by atoms with Crippen LogP contribution in [-0.4, -0.2) is 37.5 Å². The smallest absolute Gasteiger partial charge is 0.243 e. The van der Waals surface area contributed by atoms with Crippen LogP contribution in [0.4, 0.5) is 5.69 Å². The average molecular weight is 604 g/mol. The highest BCUT2D eigenvalue weighted by molar-refractivity contribution is 7.89. The molecular weight excluding hydrogens is 563 g/mol. The fraction of sp³-hybridized carbons (Fsp3) is 0.382. The van der Waals surface area contributed by atoms with Gasteiger partial charge in [0.1, 0.15) is 5.75 Å². The fourth-order valence-electron chi connectivity index (χ4n) is 5.58. The van der Waals surface area contributed by atoms with E-state index >= 15 is 0 Å². The summed E-state index contributed by atoms with van der Waals surface area (Å²) in [4.78, 5) is 6.23. The van der Waals surface area contributed by atoms with Crippen molar-refractivity contribution in [2.45, 2.75) is 63.3 Å². The van der Waals surface area contributed by atoms with E-state index in [0.29, 0.717) is 23.9 Å². The molecule has 4 aromatic rings. The molecule has 8 heteroatoms. The van der Waals surface area contributed by atoms with Crippen LogP contribution in [0.2, 0.25) is 0 Å². The van der Waals surface area contributed by atoms with E-state index < -0.39 is 10.0 Å². The molecule has 1 aliphatic rings. The van der Waals surface area contributed by atoms with Gasteiger partial charge in [-0.1, -0.05) is 68.7 Å². The third-order valence-electron chi connectivity index (χ3n) is 8.06. The molecule has 0 N–H and O–H groups in total. The maximum Gasteiger partial charge on any atom is 0.243 e.